The van der Waals surface area contributed by atoms with Crippen molar-refractivity contribution < 1.29 is 8.42 Å². The molecule has 16 heavy (non-hydrogen) atoms. The Morgan fingerprint density at radius 1 is 1.00 bits per heavy atom. The van der Waals surface area contributed by atoms with Gasteiger partial charge in [0.1, 0.15) is 0 Å². The third kappa shape index (κ3) is 2.29. The van der Waals surface area contributed by atoms with Crippen molar-refractivity contribution >= 4 is 10.0 Å². The maximum absolute atomic E-state index is 11.2. The summed E-state index contributed by atoms with van der Waals surface area (Å²) in [6, 6.07) is 16.7. The van der Waals surface area contributed by atoms with Crippen LogP contribution in [-0.2, 0) is 10.0 Å². The highest BCUT2D eigenvalue weighted by Crippen LogP contribution is 2.21. The average Bonchev–Trinajstić information content (AvgIpc) is 2.29. The summed E-state index contributed by atoms with van der Waals surface area (Å²) in [6.45, 7) is 0. The molecule has 0 aliphatic carbocycles. The maximum Gasteiger partial charge on any atom is 0.238 e. The van der Waals surface area contributed by atoms with Gasteiger partial charge in [-0.2, -0.15) is 0 Å². The molecule has 4 heteroatoms. The van der Waals surface area contributed by atoms with Crippen molar-refractivity contribution in [2.75, 3.05) is 0 Å². The molecule has 2 aromatic carbocycles. The molecule has 0 fully saturated rings. The molecule has 0 atom stereocenters. The molecule has 2 N–H and O–H groups in total. The van der Waals surface area contributed by atoms with E-state index in [1.165, 1.54) is 6.07 Å². The van der Waals surface area contributed by atoms with Crippen LogP contribution >= 0.6 is 0 Å². The average molecular weight is 232 g/mol. The van der Waals surface area contributed by atoms with Crippen LogP contribution in [0, 0.1) is 6.07 Å². The summed E-state index contributed by atoms with van der Waals surface area (Å²) < 4.78 is 22.4. The smallest absolute Gasteiger partial charge is 0.225 e. The molecular formula is C12H10NO2S. The third-order valence-electron chi connectivity index (χ3n) is 2.21. The normalized spacial score (nSPS) is 11.3. The van der Waals surface area contributed by atoms with Gasteiger partial charge < -0.3 is 0 Å². The molecule has 0 amide bonds. The van der Waals surface area contributed by atoms with Gasteiger partial charge in [0.05, 0.1) is 4.90 Å². The predicted octanol–water partition coefficient (Wildman–Crippen LogP) is 1.80. The first-order chi connectivity index (χ1) is 7.57. The first kappa shape index (κ1) is 10.9. The number of hydrogen-bond acceptors (Lipinski definition) is 2. The van der Waals surface area contributed by atoms with Gasteiger partial charge in [-0.05, 0) is 29.3 Å². The first-order valence-corrected chi connectivity index (χ1v) is 6.21. The fraction of sp³-hybridized carbons (Fsp3) is 0. The summed E-state index contributed by atoms with van der Waals surface area (Å²) in [5.74, 6) is 0. The quantitative estimate of drug-likeness (QED) is 0.858. The van der Waals surface area contributed by atoms with Crippen molar-refractivity contribution in [3.05, 3.63) is 54.6 Å². The van der Waals surface area contributed by atoms with E-state index < -0.39 is 10.0 Å². The summed E-state index contributed by atoms with van der Waals surface area (Å²) in [5.41, 5.74) is 1.75. The van der Waals surface area contributed by atoms with Crippen LogP contribution in [0.1, 0.15) is 0 Å². The lowest BCUT2D eigenvalue weighted by atomic mass is 10.1. The molecule has 2 aromatic rings. The molecule has 0 unspecified atom stereocenters. The van der Waals surface area contributed by atoms with E-state index in [9.17, 15) is 8.42 Å². The van der Waals surface area contributed by atoms with Gasteiger partial charge in [-0.25, -0.2) is 13.6 Å². The molecule has 3 nitrogen and oxygen atoms in total. The Balaban J connectivity index is 2.53. The molecule has 0 saturated heterocycles. The van der Waals surface area contributed by atoms with Gasteiger partial charge in [-0.3, -0.25) is 0 Å². The van der Waals surface area contributed by atoms with E-state index in [-0.39, 0.29) is 4.90 Å². The van der Waals surface area contributed by atoms with E-state index in [1.807, 2.05) is 18.2 Å². The van der Waals surface area contributed by atoms with Gasteiger partial charge in [0.2, 0.25) is 10.0 Å². The Bertz CT molecular complexity index is 591. The lowest BCUT2D eigenvalue weighted by Gasteiger charge is -2.03. The van der Waals surface area contributed by atoms with Crippen LogP contribution in [0.3, 0.4) is 0 Å². The number of benzene rings is 2. The van der Waals surface area contributed by atoms with Gasteiger partial charge in [0, 0.05) is 0 Å². The van der Waals surface area contributed by atoms with E-state index in [0.717, 1.165) is 11.1 Å². The topological polar surface area (TPSA) is 60.2 Å². The van der Waals surface area contributed by atoms with E-state index in [1.54, 1.807) is 24.3 Å². The highest BCUT2D eigenvalue weighted by atomic mass is 32.2. The zero-order chi connectivity index (χ0) is 11.6. The number of rotatable bonds is 2. The molecule has 0 aliphatic rings. The molecule has 2 rings (SSSR count). The minimum atomic E-state index is -3.64. The second kappa shape index (κ2) is 4.08. The van der Waals surface area contributed by atoms with Gasteiger partial charge >= 0.3 is 0 Å². The molecule has 0 bridgehead atoms. The van der Waals surface area contributed by atoms with Crippen LogP contribution in [0.25, 0.3) is 11.1 Å². The van der Waals surface area contributed by atoms with E-state index in [0.29, 0.717) is 0 Å². The molecule has 81 valence electrons. The second-order valence-corrected chi connectivity index (χ2v) is 4.92. The fourth-order valence-corrected chi connectivity index (χ4v) is 1.99. The molecule has 0 saturated carbocycles. The predicted molar refractivity (Wildman–Crippen MR) is 62.1 cm³/mol. The molecule has 0 aliphatic heterocycles. The zero-order valence-corrected chi connectivity index (χ0v) is 9.24. The maximum atomic E-state index is 11.2. The number of primary sulfonamides is 1. The largest absolute Gasteiger partial charge is 0.238 e. The number of nitrogens with two attached hydrogens (primary N) is 1. The molecule has 0 spiro atoms. The lowest BCUT2D eigenvalue weighted by Crippen LogP contribution is -2.11. The van der Waals surface area contributed by atoms with Gasteiger partial charge in [0.15, 0.2) is 0 Å². The van der Waals surface area contributed by atoms with Gasteiger partial charge in [-0.15, -0.1) is 0 Å². The summed E-state index contributed by atoms with van der Waals surface area (Å²) >= 11 is 0. The molecule has 0 aromatic heterocycles. The van der Waals surface area contributed by atoms with Gasteiger partial charge in [0.25, 0.3) is 0 Å². The number of sulfonamides is 1. The summed E-state index contributed by atoms with van der Waals surface area (Å²) in [4.78, 5) is 0.123. The highest BCUT2D eigenvalue weighted by molar-refractivity contribution is 7.89. The van der Waals surface area contributed by atoms with Crippen LogP contribution in [-0.4, -0.2) is 8.42 Å². The molecular weight excluding hydrogens is 222 g/mol. The fourth-order valence-electron chi connectivity index (χ4n) is 1.43. The Labute approximate surface area is 94.6 Å². The Kier molecular flexibility index (Phi) is 2.77. The van der Waals surface area contributed by atoms with Crippen molar-refractivity contribution in [1.82, 2.24) is 0 Å². The van der Waals surface area contributed by atoms with Crippen molar-refractivity contribution in [3.63, 3.8) is 0 Å². The third-order valence-corrected chi connectivity index (χ3v) is 3.13. The van der Waals surface area contributed by atoms with Crippen LogP contribution in [0.4, 0.5) is 0 Å². The van der Waals surface area contributed by atoms with Crippen LogP contribution in [0.5, 0.6) is 0 Å². The standard InChI is InChI=1S/C12H10NO2S/c13-16(14,15)12-8-4-7-11(9-12)10-5-2-1-3-6-10/h2-9H,(H2,13,14,15). The Morgan fingerprint density at radius 2 is 1.69 bits per heavy atom. The van der Waals surface area contributed by atoms with Crippen molar-refractivity contribution in [1.29, 1.82) is 0 Å². The Morgan fingerprint density at radius 3 is 2.31 bits per heavy atom. The van der Waals surface area contributed by atoms with Crippen LogP contribution in [0.2, 0.25) is 0 Å². The summed E-state index contributed by atoms with van der Waals surface area (Å²) in [6.07, 6.45) is 0. The Hall–Kier alpha value is -1.65. The van der Waals surface area contributed by atoms with Gasteiger partial charge in [-0.1, -0.05) is 36.4 Å². The first-order valence-electron chi connectivity index (χ1n) is 4.67. The molecule has 1 radical (unpaired) electrons. The minimum absolute atomic E-state index is 0.123. The van der Waals surface area contributed by atoms with E-state index in [2.05, 4.69) is 6.07 Å². The van der Waals surface area contributed by atoms with E-state index in [4.69, 9.17) is 5.14 Å². The van der Waals surface area contributed by atoms with Crippen LogP contribution in [0.15, 0.2) is 53.4 Å². The summed E-state index contributed by atoms with van der Waals surface area (Å²) in [5, 5.41) is 5.07. The van der Waals surface area contributed by atoms with Crippen molar-refractivity contribution in [3.8, 4) is 11.1 Å². The second-order valence-electron chi connectivity index (χ2n) is 3.36. The number of hydrogen-bond donors (Lipinski definition) is 1. The van der Waals surface area contributed by atoms with Crippen molar-refractivity contribution in [2.24, 2.45) is 5.14 Å². The SMILES string of the molecule is NS(=O)(=O)c1cccc(-c2cc[c]cc2)c1. The van der Waals surface area contributed by atoms with Crippen LogP contribution < -0.4 is 5.14 Å². The zero-order valence-electron chi connectivity index (χ0n) is 8.42. The minimum Gasteiger partial charge on any atom is -0.225 e. The highest BCUT2D eigenvalue weighted by Gasteiger charge is 2.08. The molecule has 0 heterocycles. The van der Waals surface area contributed by atoms with Crippen molar-refractivity contribution in [2.45, 2.75) is 4.90 Å². The summed E-state index contributed by atoms with van der Waals surface area (Å²) in [7, 11) is -3.64. The lowest BCUT2D eigenvalue weighted by molar-refractivity contribution is 0.598. The monoisotopic (exact) mass is 232 g/mol. The van der Waals surface area contributed by atoms with E-state index >= 15 is 0 Å².